The number of hydrogen-bond donors (Lipinski definition) is 12. The molecule has 7 rings (SSSR count). The number of amides is 5. The van der Waals surface area contributed by atoms with Crippen LogP contribution in [0.3, 0.4) is 0 Å². The van der Waals surface area contributed by atoms with E-state index in [-0.39, 0.29) is 138 Å². The second-order valence-corrected chi connectivity index (χ2v) is 30.2. The lowest BCUT2D eigenvalue weighted by atomic mass is 10.0. The molecule has 0 saturated heterocycles. The number of carbonyl (C=O) groups excluding carboxylic acids is 14. The van der Waals surface area contributed by atoms with Crippen molar-refractivity contribution in [3.63, 3.8) is 0 Å². The molecule has 0 heterocycles. The molecule has 7 aromatic rings. The van der Waals surface area contributed by atoms with Crippen molar-refractivity contribution in [3.8, 4) is 17.2 Å². The maximum Gasteiger partial charge on any atom is 0.513 e. The Hall–Kier alpha value is -13.8. The Morgan fingerprint density at radius 3 is 0.986 bits per heavy atom. The number of carbonyl (C=O) groups is 14. The zero-order valence-corrected chi connectivity index (χ0v) is 83.6. The summed E-state index contributed by atoms with van der Waals surface area (Å²) >= 11 is 0. The molecule has 1 unspecified atom stereocenters. The fourth-order valence-corrected chi connectivity index (χ4v) is 11.0. The summed E-state index contributed by atoms with van der Waals surface area (Å²) in [5.41, 5.74) is 14.5. The molecule has 5 amide bonds. The monoisotopic (exact) mass is 1940 g/mol. The molecular formula is C99H140N12O28. The third-order valence-electron chi connectivity index (χ3n) is 17.9. The van der Waals surface area contributed by atoms with Gasteiger partial charge in [-0.1, -0.05) is 72.8 Å². The van der Waals surface area contributed by atoms with Gasteiger partial charge in [-0.3, -0.25) is 53.3 Å². The lowest BCUT2D eigenvalue weighted by Gasteiger charge is -2.15. The smallest absolute Gasteiger partial charge is 0.461 e. The quantitative estimate of drug-likeness (QED) is 0.00555. The first-order chi connectivity index (χ1) is 66.2. The van der Waals surface area contributed by atoms with E-state index in [9.17, 15) is 67.1 Å². The van der Waals surface area contributed by atoms with Crippen molar-refractivity contribution >= 4 is 107 Å². The number of likely N-dealkylation sites (N-methyl/N-ethyl adjacent to an activating group) is 6. The van der Waals surface area contributed by atoms with Gasteiger partial charge in [-0.25, -0.2) is 19.2 Å². The Kier molecular flexibility index (Phi) is 65.1. The normalized spacial score (nSPS) is 10.3. The highest BCUT2D eigenvalue weighted by Crippen LogP contribution is 2.28. The Morgan fingerprint density at radius 1 is 0.295 bits per heavy atom. The Labute approximate surface area is 813 Å². The van der Waals surface area contributed by atoms with Crippen LogP contribution in [0.1, 0.15) is 134 Å². The second-order valence-electron chi connectivity index (χ2n) is 30.2. The zero-order chi connectivity index (χ0) is 104. The van der Waals surface area contributed by atoms with Gasteiger partial charge in [0.25, 0.3) is 0 Å². The second kappa shape index (κ2) is 73.4. The van der Waals surface area contributed by atoms with Gasteiger partial charge in [0.1, 0.15) is 89.4 Å². The zero-order valence-electron chi connectivity index (χ0n) is 83.6. The third kappa shape index (κ3) is 61.1. The minimum atomic E-state index is -0.747. The van der Waals surface area contributed by atoms with Crippen molar-refractivity contribution < 1.29 is 133 Å². The van der Waals surface area contributed by atoms with E-state index in [1.165, 1.54) is 48.5 Å². The van der Waals surface area contributed by atoms with E-state index in [1.807, 2.05) is 99.1 Å². The minimum absolute atomic E-state index is 0.0155. The summed E-state index contributed by atoms with van der Waals surface area (Å²) in [4.78, 5) is 156. The molecule has 139 heavy (non-hydrogen) atoms. The number of ether oxygens (including phenoxy) is 14. The van der Waals surface area contributed by atoms with Crippen LogP contribution < -0.4 is 78.0 Å². The average molecular weight is 1950 g/mol. The molecule has 12 N–H and O–H groups in total. The van der Waals surface area contributed by atoms with Crippen LogP contribution in [-0.4, -0.2) is 225 Å². The van der Waals surface area contributed by atoms with Crippen LogP contribution in [0, 0.1) is 41.5 Å². The largest absolute Gasteiger partial charge is 0.513 e. The van der Waals surface area contributed by atoms with Gasteiger partial charge in [0.15, 0.2) is 0 Å². The average Bonchev–Trinajstić information content (AvgIpc) is 0.839. The summed E-state index contributed by atoms with van der Waals surface area (Å²) in [6.45, 7) is 30.3. The van der Waals surface area contributed by atoms with E-state index in [2.05, 4.69) is 63.8 Å². The van der Waals surface area contributed by atoms with Crippen LogP contribution in [0.15, 0.2) is 133 Å². The standard InChI is InChI=1S/C15H22N2O5.C15H22N2O3.C15H21NO4.C14H20N2O4.C14H20N2O3.C13H18N2O4.C13H17NO5/c1-12(18)21-11-13-3-5-14(6-4-13)22-15(19)17-8-10-20-9-7-16-2;1-10-7-13(9-20-12(3)18)8-11(2)15(10)17-14(19)5-6-16-4;1-9-6-13(8-19-12(4)17)7-10(2)14(9)20-15(18)11(3)16-5;1-11(17)20-9-12-3-5-13(6-4-12)16-14(18)10-19-8-7-15-2;1-9-5-12(8-19-11(3)17)6-10(2)14(9)16-13(18)7-15-4;1-10(16)19-9-11-3-5-12(6-4-11)15-13(17)18-8-7-14-2;1-10(15)18-9-11-3-5-12(6-4-11)19-13(16)17-8-7-14-2/h3-6,16H,7-11H2,1-2H3,(H,17,19);7-8,16H,5-6,9H2,1-4H3,(H,17,19);6-7,11,16H,8H2,1-5H3;3-6,15H,7-10H2,1-2H3,(H,16,18);5-6,15H,7-8H2,1-4H3,(H,16,18);3-6,14H,7-9H2,1-2H3,(H,15,17);3-6,14H,7-9H2,1-2H3. The maximum atomic E-state index is 11.8. The highest BCUT2D eigenvalue weighted by Gasteiger charge is 2.19. The van der Waals surface area contributed by atoms with Gasteiger partial charge in [-0.2, -0.15) is 0 Å². The summed E-state index contributed by atoms with van der Waals surface area (Å²) in [7, 11) is 12.4. The van der Waals surface area contributed by atoms with Crippen molar-refractivity contribution in [2.45, 2.75) is 156 Å². The molecule has 0 fully saturated rings. The first-order valence-electron chi connectivity index (χ1n) is 44.3. The lowest BCUT2D eigenvalue weighted by Crippen LogP contribution is -2.34. The molecule has 0 aromatic heterocycles. The van der Waals surface area contributed by atoms with Crippen molar-refractivity contribution in [3.05, 3.63) is 206 Å². The van der Waals surface area contributed by atoms with E-state index >= 15 is 0 Å². The number of hydrogen-bond acceptors (Lipinski definition) is 35. The van der Waals surface area contributed by atoms with E-state index in [0.29, 0.717) is 94.2 Å². The van der Waals surface area contributed by atoms with Crippen LogP contribution in [0.2, 0.25) is 0 Å². The predicted octanol–water partition coefficient (Wildman–Crippen LogP) is 10.3. The lowest BCUT2D eigenvalue weighted by molar-refractivity contribution is -0.143. The third-order valence-corrected chi connectivity index (χ3v) is 17.9. The Morgan fingerprint density at radius 2 is 0.619 bits per heavy atom. The van der Waals surface area contributed by atoms with Crippen LogP contribution in [0.25, 0.3) is 0 Å². The topological polar surface area (TPSA) is 513 Å². The van der Waals surface area contributed by atoms with E-state index < -0.39 is 18.3 Å². The van der Waals surface area contributed by atoms with Crippen LogP contribution >= 0.6 is 0 Å². The molecular weight excluding hydrogens is 1810 g/mol. The first kappa shape index (κ1) is 123. The summed E-state index contributed by atoms with van der Waals surface area (Å²) in [5.74, 6) is -1.52. The fourth-order valence-electron chi connectivity index (χ4n) is 11.0. The Bertz CT molecular complexity index is 4780. The fraction of sp³-hybridized carbons (Fsp3) is 0.434. The van der Waals surface area contributed by atoms with Gasteiger partial charge < -0.3 is 125 Å². The number of nitrogens with one attached hydrogen (secondary N) is 12. The minimum Gasteiger partial charge on any atom is -0.461 e. The molecule has 7 aromatic carbocycles. The van der Waals surface area contributed by atoms with Gasteiger partial charge in [-0.05, 0) is 231 Å². The van der Waals surface area contributed by atoms with E-state index in [0.717, 1.165) is 90.2 Å². The highest BCUT2D eigenvalue weighted by atomic mass is 16.7. The van der Waals surface area contributed by atoms with Crippen LogP contribution in [0.5, 0.6) is 17.2 Å². The molecule has 0 radical (unpaired) electrons. The molecule has 0 aliphatic rings. The molecule has 40 nitrogen and oxygen atoms in total. The van der Waals surface area contributed by atoms with Gasteiger partial charge in [0, 0.05) is 117 Å². The van der Waals surface area contributed by atoms with Gasteiger partial charge in [0.05, 0.1) is 26.4 Å². The SMILES string of the molecule is CNC(C)C(=O)Oc1c(C)cc(COC(C)=O)cc1C.CNCC(=O)Nc1c(C)cc(COC(C)=O)cc1C.CNCCC(=O)Nc1c(C)cc(COC(C)=O)cc1C.CNCCOC(=O)Nc1ccc(COC(C)=O)cc1.CNCCOC(=O)Oc1ccc(COC(C)=O)cc1.CNCCOCC(=O)Nc1ccc(COC(C)=O)cc1.CNCCOCCNC(=O)Oc1ccc(COC(C)=O)cc1. The van der Waals surface area contributed by atoms with E-state index in [4.69, 9.17) is 66.3 Å². The van der Waals surface area contributed by atoms with Crippen LogP contribution in [0.4, 0.5) is 37.1 Å². The summed E-state index contributed by atoms with van der Waals surface area (Å²) < 4.78 is 69.9. The van der Waals surface area contributed by atoms with Crippen molar-refractivity contribution in [2.24, 2.45) is 0 Å². The highest BCUT2D eigenvalue weighted by molar-refractivity contribution is 5.94. The summed E-state index contributed by atoms with van der Waals surface area (Å²) in [6, 6.07) is 38.4. The predicted molar refractivity (Wildman–Crippen MR) is 523 cm³/mol. The number of anilines is 4. The first-order valence-corrected chi connectivity index (χ1v) is 44.3. The van der Waals surface area contributed by atoms with Crippen molar-refractivity contribution in [1.82, 2.24) is 42.5 Å². The molecule has 0 aliphatic carbocycles. The van der Waals surface area contributed by atoms with Crippen molar-refractivity contribution in [1.29, 1.82) is 0 Å². The van der Waals surface area contributed by atoms with E-state index in [1.54, 1.807) is 132 Å². The molecule has 40 heteroatoms. The Balaban J connectivity index is 0.000000811. The van der Waals surface area contributed by atoms with Crippen LogP contribution in [-0.2, 0) is 151 Å². The molecule has 764 valence electrons. The number of esters is 8. The number of benzene rings is 7. The number of rotatable bonds is 45. The molecule has 1 atom stereocenters. The van der Waals surface area contributed by atoms with Gasteiger partial charge in [-0.15, -0.1) is 0 Å². The van der Waals surface area contributed by atoms with Gasteiger partial charge >= 0.3 is 66.1 Å². The molecule has 0 saturated carbocycles. The van der Waals surface area contributed by atoms with Crippen molar-refractivity contribution in [2.75, 3.05) is 156 Å². The van der Waals surface area contributed by atoms with Gasteiger partial charge in [0.2, 0.25) is 17.7 Å². The molecule has 0 bridgehead atoms. The maximum absolute atomic E-state index is 11.8. The molecule has 0 aliphatic heterocycles. The summed E-state index contributed by atoms with van der Waals surface area (Å²) in [6.07, 6.45) is -1.35. The molecule has 0 spiro atoms. The summed E-state index contributed by atoms with van der Waals surface area (Å²) in [5, 5.41) is 33.9. The number of aryl methyl sites for hydroxylation is 6.